The monoisotopic (exact) mass is 316 g/mol. The summed E-state index contributed by atoms with van der Waals surface area (Å²) < 4.78 is 37.5. The van der Waals surface area contributed by atoms with Crippen molar-refractivity contribution >= 4 is 17.7 Å². The molecule has 1 amide bonds. The zero-order valence-corrected chi connectivity index (χ0v) is 11.8. The predicted molar refractivity (Wildman–Crippen MR) is 80.1 cm³/mol. The Morgan fingerprint density at radius 2 is 1.65 bits per heavy atom. The van der Waals surface area contributed by atoms with Crippen LogP contribution in [-0.4, -0.2) is 5.91 Å². The number of alkyl halides is 3. The van der Waals surface area contributed by atoms with Crippen LogP contribution in [0.4, 0.5) is 18.9 Å². The van der Waals surface area contributed by atoms with E-state index in [1.807, 2.05) is 0 Å². The van der Waals surface area contributed by atoms with Gasteiger partial charge in [-0.15, -0.1) is 0 Å². The van der Waals surface area contributed by atoms with E-state index in [9.17, 15) is 18.0 Å². The summed E-state index contributed by atoms with van der Waals surface area (Å²) in [5.41, 5.74) is -0.140. The van der Waals surface area contributed by atoms with Gasteiger partial charge in [-0.1, -0.05) is 30.3 Å². The van der Waals surface area contributed by atoms with Gasteiger partial charge in [0.05, 0.1) is 5.56 Å². The van der Waals surface area contributed by atoms with Crippen LogP contribution in [0, 0.1) is 11.3 Å². The van der Waals surface area contributed by atoms with Crippen molar-refractivity contribution in [3.63, 3.8) is 0 Å². The van der Waals surface area contributed by atoms with Gasteiger partial charge in [-0.2, -0.15) is 18.4 Å². The lowest BCUT2D eigenvalue weighted by atomic mass is 10.1. The molecule has 0 aromatic heterocycles. The Labute approximate surface area is 130 Å². The van der Waals surface area contributed by atoms with E-state index in [-0.39, 0.29) is 5.57 Å². The van der Waals surface area contributed by atoms with Crippen LogP contribution in [0.3, 0.4) is 0 Å². The van der Waals surface area contributed by atoms with Crippen molar-refractivity contribution in [1.29, 1.82) is 5.26 Å². The Hall–Kier alpha value is -3.07. The third-order valence-electron chi connectivity index (χ3n) is 2.95. The number of carbonyl (C=O) groups excluding carboxylic acids is 1. The molecule has 23 heavy (non-hydrogen) atoms. The minimum absolute atomic E-state index is 0.200. The van der Waals surface area contributed by atoms with Crippen LogP contribution in [0.5, 0.6) is 0 Å². The van der Waals surface area contributed by atoms with Gasteiger partial charge < -0.3 is 5.32 Å². The van der Waals surface area contributed by atoms with Gasteiger partial charge in [-0.25, -0.2) is 0 Å². The fourth-order valence-electron chi connectivity index (χ4n) is 1.80. The topological polar surface area (TPSA) is 52.9 Å². The molecule has 0 heterocycles. The maximum atomic E-state index is 12.5. The summed E-state index contributed by atoms with van der Waals surface area (Å²) in [6, 6.07) is 14.5. The molecule has 1 N–H and O–H groups in total. The molecule has 0 saturated heterocycles. The molecule has 6 heteroatoms. The zero-order valence-electron chi connectivity index (χ0n) is 11.8. The number of carbonyl (C=O) groups is 1. The quantitative estimate of drug-likeness (QED) is 0.680. The summed E-state index contributed by atoms with van der Waals surface area (Å²) >= 11 is 0. The van der Waals surface area contributed by atoms with Gasteiger partial charge >= 0.3 is 6.18 Å². The largest absolute Gasteiger partial charge is 0.416 e. The van der Waals surface area contributed by atoms with Gasteiger partial charge in [0.25, 0.3) is 5.91 Å². The molecule has 0 atom stereocenters. The number of nitriles is 1. The van der Waals surface area contributed by atoms with Gasteiger partial charge in [0, 0.05) is 5.69 Å². The number of nitrogens with one attached hydrogen (secondary N) is 1. The highest BCUT2D eigenvalue weighted by Gasteiger charge is 2.29. The minimum Gasteiger partial charge on any atom is -0.321 e. The second-order valence-corrected chi connectivity index (χ2v) is 4.61. The molecule has 0 saturated carbocycles. The fraction of sp³-hybridized carbons (Fsp3) is 0.0588. The molecule has 3 nitrogen and oxygen atoms in total. The van der Waals surface area contributed by atoms with Crippen LogP contribution in [-0.2, 0) is 11.0 Å². The molecule has 2 rings (SSSR count). The second-order valence-electron chi connectivity index (χ2n) is 4.61. The Bertz CT molecular complexity index is 757. The minimum atomic E-state index is -4.43. The number of anilines is 1. The molecule has 0 aliphatic heterocycles. The number of hydrogen-bond acceptors (Lipinski definition) is 2. The Balaban J connectivity index is 2.18. The first-order valence-corrected chi connectivity index (χ1v) is 6.55. The fourth-order valence-corrected chi connectivity index (χ4v) is 1.80. The van der Waals surface area contributed by atoms with Crippen LogP contribution in [0.25, 0.3) is 6.08 Å². The van der Waals surface area contributed by atoms with Crippen LogP contribution >= 0.6 is 0 Å². The summed E-state index contributed by atoms with van der Waals surface area (Å²) in [6.07, 6.45) is -3.19. The number of para-hydroxylation sites is 1. The summed E-state index contributed by atoms with van der Waals surface area (Å²) in [7, 11) is 0. The van der Waals surface area contributed by atoms with Gasteiger partial charge in [-0.3, -0.25) is 4.79 Å². The Kier molecular flexibility index (Phi) is 4.82. The molecule has 2 aromatic carbocycles. The molecule has 0 spiro atoms. The van der Waals surface area contributed by atoms with E-state index in [1.54, 1.807) is 36.4 Å². The standard InChI is InChI=1S/C17H11F3N2O/c18-17(19,20)14-8-6-12(7-9-14)10-13(11-21)16(23)22-15-4-2-1-3-5-15/h1-10H,(H,22,23)/b13-10-. The van der Waals surface area contributed by atoms with Crippen LogP contribution in [0.15, 0.2) is 60.2 Å². The van der Waals surface area contributed by atoms with Crippen molar-refractivity contribution in [2.24, 2.45) is 0 Å². The number of rotatable bonds is 3. The van der Waals surface area contributed by atoms with E-state index >= 15 is 0 Å². The highest BCUT2D eigenvalue weighted by molar-refractivity contribution is 6.09. The van der Waals surface area contributed by atoms with Crippen molar-refractivity contribution in [3.05, 3.63) is 71.3 Å². The molecule has 0 unspecified atom stereocenters. The van der Waals surface area contributed by atoms with E-state index in [0.717, 1.165) is 12.1 Å². The number of amides is 1. The molecular formula is C17H11F3N2O. The maximum absolute atomic E-state index is 12.5. The predicted octanol–water partition coefficient (Wildman–Crippen LogP) is 4.25. The van der Waals surface area contributed by atoms with Crippen LogP contribution in [0.1, 0.15) is 11.1 Å². The van der Waals surface area contributed by atoms with E-state index in [1.165, 1.54) is 18.2 Å². The Morgan fingerprint density at radius 1 is 1.04 bits per heavy atom. The zero-order chi connectivity index (χ0) is 16.9. The van der Waals surface area contributed by atoms with E-state index in [0.29, 0.717) is 11.3 Å². The molecule has 2 aromatic rings. The molecule has 0 aliphatic carbocycles. The highest BCUT2D eigenvalue weighted by atomic mass is 19.4. The van der Waals surface area contributed by atoms with Gasteiger partial charge in [0.15, 0.2) is 0 Å². The number of nitrogens with zero attached hydrogens (tertiary/aromatic N) is 1. The number of halogens is 3. The average molecular weight is 316 g/mol. The van der Waals surface area contributed by atoms with Gasteiger partial charge in [0.1, 0.15) is 11.6 Å². The number of benzene rings is 2. The summed E-state index contributed by atoms with van der Waals surface area (Å²) in [5, 5.41) is 11.6. The summed E-state index contributed by atoms with van der Waals surface area (Å²) in [5.74, 6) is -0.626. The maximum Gasteiger partial charge on any atom is 0.416 e. The van der Waals surface area contributed by atoms with Crippen molar-refractivity contribution in [1.82, 2.24) is 0 Å². The molecule has 116 valence electrons. The van der Waals surface area contributed by atoms with E-state index < -0.39 is 17.6 Å². The number of hydrogen-bond donors (Lipinski definition) is 1. The lowest BCUT2D eigenvalue weighted by molar-refractivity contribution is -0.137. The SMILES string of the molecule is N#C/C(=C/c1ccc(C(F)(F)F)cc1)C(=O)Nc1ccccc1. The van der Waals surface area contributed by atoms with Crippen LogP contribution < -0.4 is 5.32 Å². The molecule has 0 aliphatic rings. The van der Waals surface area contributed by atoms with Crippen molar-refractivity contribution < 1.29 is 18.0 Å². The van der Waals surface area contributed by atoms with Crippen LogP contribution in [0.2, 0.25) is 0 Å². The first kappa shape index (κ1) is 16.3. The first-order valence-electron chi connectivity index (χ1n) is 6.55. The summed E-state index contributed by atoms with van der Waals surface area (Å²) in [6.45, 7) is 0. The highest BCUT2D eigenvalue weighted by Crippen LogP contribution is 2.29. The van der Waals surface area contributed by atoms with Crippen molar-refractivity contribution in [2.45, 2.75) is 6.18 Å². The Morgan fingerprint density at radius 3 is 2.17 bits per heavy atom. The normalized spacial score (nSPS) is 11.7. The lowest BCUT2D eigenvalue weighted by Gasteiger charge is -2.06. The summed E-state index contributed by atoms with van der Waals surface area (Å²) in [4.78, 5) is 12.0. The third-order valence-corrected chi connectivity index (χ3v) is 2.95. The molecule has 0 fully saturated rings. The third kappa shape index (κ3) is 4.45. The molecular weight excluding hydrogens is 305 g/mol. The second kappa shape index (κ2) is 6.79. The van der Waals surface area contributed by atoms with Crippen molar-refractivity contribution in [3.8, 4) is 6.07 Å². The van der Waals surface area contributed by atoms with E-state index in [2.05, 4.69) is 5.32 Å². The van der Waals surface area contributed by atoms with Crippen molar-refractivity contribution in [2.75, 3.05) is 5.32 Å². The molecule has 0 bridgehead atoms. The smallest absolute Gasteiger partial charge is 0.321 e. The first-order chi connectivity index (χ1) is 10.9. The molecule has 0 radical (unpaired) electrons. The van der Waals surface area contributed by atoms with E-state index in [4.69, 9.17) is 5.26 Å². The lowest BCUT2D eigenvalue weighted by Crippen LogP contribution is -2.13. The average Bonchev–Trinajstić information content (AvgIpc) is 2.53. The van der Waals surface area contributed by atoms with Gasteiger partial charge in [0.2, 0.25) is 0 Å². The van der Waals surface area contributed by atoms with Gasteiger partial charge in [-0.05, 0) is 35.9 Å².